The van der Waals surface area contributed by atoms with Crippen molar-refractivity contribution in [2.45, 2.75) is 32.5 Å². The van der Waals surface area contributed by atoms with Crippen LogP contribution in [0.2, 0.25) is 0 Å². The summed E-state index contributed by atoms with van der Waals surface area (Å²) in [7, 11) is 0. The molecule has 0 radical (unpaired) electrons. The van der Waals surface area contributed by atoms with E-state index in [1.165, 1.54) is 0 Å². The van der Waals surface area contributed by atoms with Crippen LogP contribution in [0.1, 0.15) is 29.2 Å². The van der Waals surface area contributed by atoms with Gasteiger partial charge in [-0.05, 0) is 25.8 Å². The van der Waals surface area contributed by atoms with Crippen molar-refractivity contribution in [1.82, 2.24) is 0 Å². The van der Waals surface area contributed by atoms with Crippen LogP contribution < -0.4 is 5.73 Å². The quantitative estimate of drug-likeness (QED) is 0.567. The summed E-state index contributed by atoms with van der Waals surface area (Å²) in [5.74, 6) is 0. The van der Waals surface area contributed by atoms with Crippen LogP contribution in [0.4, 0.5) is 5.69 Å². The van der Waals surface area contributed by atoms with Gasteiger partial charge in [-0.2, -0.15) is 0 Å². The van der Waals surface area contributed by atoms with Crippen LogP contribution in [0.15, 0.2) is 12.1 Å². The molecule has 0 spiro atoms. The lowest BCUT2D eigenvalue weighted by Crippen LogP contribution is -2.21. The summed E-state index contributed by atoms with van der Waals surface area (Å²) in [6, 6.07) is 3.68. The lowest BCUT2D eigenvalue weighted by Gasteiger charge is -2.20. The minimum absolute atomic E-state index is 0.133. The smallest absolute Gasteiger partial charge is 0.107 e. The minimum atomic E-state index is -1.05. The highest BCUT2D eigenvalue weighted by atomic mass is 16.3. The highest BCUT2D eigenvalue weighted by Gasteiger charge is 2.20. The number of nitrogens with two attached hydrogens (primary N) is 1. The van der Waals surface area contributed by atoms with Crippen LogP contribution in [-0.4, -0.2) is 28.0 Å². The summed E-state index contributed by atoms with van der Waals surface area (Å²) in [5.41, 5.74) is 8.74. The van der Waals surface area contributed by atoms with Crippen molar-refractivity contribution in [3.63, 3.8) is 0 Å². The first kappa shape index (κ1) is 13.0. The molecule has 0 bridgehead atoms. The number of hydrogen-bond acceptors (Lipinski definition) is 4. The molecule has 4 heteroatoms. The summed E-state index contributed by atoms with van der Waals surface area (Å²) in [6.07, 6.45) is -1.91. The molecule has 16 heavy (non-hydrogen) atoms. The van der Waals surface area contributed by atoms with Gasteiger partial charge >= 0.3 is 0 Å². The number of aliphatic hydroxyl groups is 3. The van der Waals surface area contributed by atoms with E-state index in [-0.39, 0.29) is 13.0 Å². The summed E-state index contributed by atoms with van der Waals surface area (Å²) >= 11 is 0. The number of anilines is 1. The Hall–Kier alpha value is -1.10. The molecule has 1 aromatic carbocycles. The van der Waals surface area contributed by atoms with Gasteiger partial charge in [0.2, 0.25) is 0 Å². The molecule has 0 aromatic heterocycles. The zero-order valence-corrected chi connectivity index (χ0v) is 9.64. The van der Waals surface area contributed by atoms with E-state index in [4.69, 9.17) is 10.8 Å². The van der Waals surface area contributed by atoms with E-state index >= 15 is 0 Å². The fourth-order valence-electron chi connectivity index (χ4n) is 1.75. The number of nitrogen functional groups attached to an aromatic ring is 1. The van der Waals surface area contributed by atoms with E-state index in [1.54, 1.807) is 6.07 Å². The average molecular weight is 225 g/mol. The predicted molar refractivity (Wildman–Crippen MR) is 63.0 cm³/mol. The summed E-state index contributed by atoms with van der Waals surface area (Å²) in [5, 5.41) is 28.2. The maximum Gasteiger partial charge on any atom is 0.107 e. The molecule has 2 unspecified atom stereocenters. The first-order valence-corrected chi connectivity index (χ1v) is 5.31. The van der Waals surface area contributed by atoms with Crippen molar-refractivity contribution in [1.29, 1.82) is 0 Å². The summed E-state index contributed by atoms with van der Waals surface area (Å²) in [4.78, 5) is 0. The van der Waals surface area contributed by atoms with Crippen molar-refractivity contribution in [3.05, 3.63) is 28.8 Å². The molecule has 0 aliphatic rings. The molecule has 0 aliphatic carbocycles. The maximum atomic E-state index is 9.91. The van der Waals surface area contributed by atoms with Crippen molar-refractivity contribution >= 4 is 5.69 Å². The maximum absolute atomic E-state index is 9.91. The molecular formula is C12H19NO3. The number of benzene rings is 1. The largest absolute Gasteiger partial charge is 0.398 e. The Kier molecular flexibility index (Phi) is 4.29. The number of aryl methyl sites for hydroxylation is 2. The van der Waals surface area contributed by atoms with Gasteiger partial charge in [-0.15, -0.1) is 0 Å². The lowest BCUT2D eigenvalue weighted by molar-refractivity contribution is 0.00456. The second kappa shape index (κ2) is 5.30. The predicted octanol–water partition coefficient (Wildman–Crippen LogP) is 0.662. The fourth-order valence-corrected chi connectivity index (χ4v) is 1.75. The Morgan fingerprint density at radius 3 is 2.44 bits per heavy atom. The highest BCUT2D eigenvalue weighted by Crippen LogP contribution is 2.28. The van der Waals surface area contributed by atoms with Crippen LogP contribution in [0.3, 0.4) is 0 Å². The van der Waals surface area contributed by atoms with E-state index in [2.05, 4.69) is 0 Å². The van der Waals surface area contributed by atoms with Gasteiger partial charge in [-0.25, -0.2) is 0 Å². The molecule has 1 aromatic rings. The van der Waals surface area contributed by atoms with Crippen molar-refractivity contribution in [2.24, 2.45) is 0 Å². The third kappa shape index (κ3) is 2.72. The zero-order valence-electron chi connectivity index (χ0n) is 9.64. The van der Waals surface area contributed by atoms with Crippen LogP contribution >= 0.6 is 0 Å². The van der Waals surface area contributed by atoms with Gasteiger partial charge < -0.3 is 21.1 Å². The molecule has 1 rings (SSSR count). The molecule has 0 saturated carbocycles. The summed E-state index contributed by atoms with van der Waals surface area (Å²) in [6.45, 7) is 3.60. The van der Waals surface area contributed by atoms with Gasteiger partial charge in [0.05, 0.1) is 6.10 Å². The normalized spacial score (nSPS) is 14.8. The topological polar surface area (TPSA) is 86.7 Å². The van der Waals surface area contributed by atoms with Crippen molar-refractivity contribution < 1.29 is 15.3 Å². The van der Waals surface area contributed by atoms with Crippen molar-refractivity contribution in [2.75, 3.05) is 12.3 Å². The average Bonchev–Trinajstić information content (AvgIpc) is 2.22. The number of rotatable bonds is 4. The molecule has 0 saturated heterocycles. The molecule has 0 aliphatic heterocycles. The minimum Gasteiger partial charge on any atom is -0.398 e. The molecule has 2 atom stereocenters. The van der Waals surface area contributed by atoms with E-state index in [0.717, 1.165) is 11.1 Å². The molecular weight excluding hydrogens is 206 g/mol. The van der Waals surface area contributed by atoms with Crippen molar-refractivity contribution in [3.8, 4) is 0 Å². The van der Waals surface area contributed by atoms with E-state index in [9.17, 15) is 10.2 Å². The Labute approximate surface area is 95.3 Å². The first-order chi connectivity index (χ1) is 7.47. The Morgan fingerprint density at radius 2 is 1.88 bits per heavy atom. The molecule has 4 nitrogen and oxygen atoms in total. The summed E-state index contributed by atoms with van der Waals surface area (Å²) < 4.78 is 0. The molecule has 5 N–H and O–H groups in total. The van der Waals surface area contributed by atoms with Gasteiger partial charge in [0.15, 0.2) is 0 Å². The third-order valence-corrected chi connectivity index (χ3v) is 2.67. The second-order valence-electron chi connectivity index (χ2n) is 4.11. The number of aliphatic hydroxyl groups excluding tert-OH is 3. The van der Waals surface area contributed by atoms with Crippen LogP contribution in [0.25, 0.3) is 0 Å². The van der Waals surface area contributed by atoms with Crippen LogP contribution in [0, 0.1) is 13.8 Å². The number of hydrogen-bond donors (Lipinski definition) is 4. The van der Waals surface area contributed by atoms with Gasteiger partial charge in [0.1, 0.15) is 6.10 Å². The fraction of sp³-hybridized carbons (Fsp3) is 0.500. The molecule has 90 valence electrons. The highest BCUT2D eigenvalue weighted by molar-refractivity contribution is 5.56. The van der Waals surface area contributed by atoms with E-state index in [0.29, 0.717) is 11.3 Å². The van der Waals surface area contributed by atoms with Gasteiger partial charge in [-0.1, -0.05) is 17.7 Å². The Bertz CT molecular complexity index is 366. The van der Waals surface area contributed by atoms with E-state index < -0.39 is 12.2 Å². The lowest BCUT2D eigenvalue weighted by atomic mass is 9.96. The molecule has 0 fully saturated rings. The van der Waals surface area contributed by atoms with Gasteiger partial charge in [-0.3, -0.25) is 0 Å². The monoisotopic (exact) mass is 225 g/mol. The third-order valence-electron chi connectivity index (χ3n) is 2.67. The second-order valence-corrected chi connectivity index (χ2v) is 4.11. The first-order valence-electron chi connectivity index (χ1n) is 5.31. The van der Waals surface area contributed by atoms with Gasteiger partial charge in [0.25, 0.3) is 0 Å². The standard InChI is InChI=1S/C12H19NO3/c1-7-5-8(2)11(13)9(6-7)12(16)10(15)3-4-14/h5-6,10,12,14-16H,3-4,13H2,1-2H3. The van der Waals surface area contributed by atoms with Crippen LogP contribution in [-0.2, 0) is 0 Å². The van der Waals surface area contributed by atoms with Crippen LogP contribution in [0.5, 0.6) is 0 Å². The zero-order chi connectivity index (χ0) is 12.3. The van der Waals surface area contributed by atoms with E-state index in [1.807, 2.05) is 19.9 Å². The molecule has 0 amide bonds. The SMILES string of the molecule is Cc1cc(C)c(N)c(C(O)C(O)CCO)c1. The molecule has 0 heterocycles. The Morgan fingerprint density at radius 1 is 1.25 bits per heavy atom. The van der Waals surface area contributed by atoms with Gasteiger partial charge in [0, 0.05) is 17.9 Å². The Balaban J connectivity index is 3.03.